The van der Waals surface area contributed by atoms with Gasteiger partial charge < -0.3 is 0 Å². The van der Waals surface area contributed by atoms with Gasteiger partial charge in [0.1, 0.15) is 0 Å². The molecule has 78 valence electrons. The smallest absolute Gasteiger partial charge is 0.267 e. The van der Waals surface area contributed by atoms with Crippen molar-refractivity contribution in [2.45, 2.75) is 0 Å². The lowest BCUT2D eigenvalue weighted by molar-refractivity contribution is 0.103. The van der Waals surface area contributed by atoms with Gasteiger partial charge in [0, 0.05) is 16.0 Å². The van der Waals surface area contributed by atoms with Crippen molar-refractivity contribution in [1.29, 1.82) is 0 Å². The Labute approximate surface area is 109 Å². The third-order valence-electron chi connectivity index (χ3n) is 1.39. The Hall–Kier alpha value is -0.380. The minimum absolute atomic E-state index is 0.218. The van der Waals surface area contributed by atoms with E-state index in [4.69, 9.17) is 0 Å². The highest BCUT2D eigenvalue weighted by molar-refractivity contribution is 9.13. The second kappa shape index (κ2) is 4.64. The van der Waals surface area contributed by atoms with Crippen molar-refractivity contribution >= 4 is 65.8 Å². The maximum Gasteiger partial charge on any atom is 0.267 e. The van der Waals surface area contributed by atoms with Crippen molar-refractivity contribution in [3.05, 3.63) is 19.2 Å². The van der Waals surface area contributed by atoms with Crippen LogP contribution in [-0.4, -0.2) is 20.7 Å². The van der Waals surface area contributed by atoms with Crippen LogP contribution in [-0.2, 0) is 0 Å². The number of anilines is 1. The van der Waals surface area contributed by atoms with E-state index in [9.17, 15) is 4.79 Å². The van der Waals surface area contributed by atoms with E-state index in [0.29, 0.717) is 10.0 Å². The Balaban J connectivity index is 2.15. The SMILES string of the molecule is O=C(Nc1nnns1)c1cc(Br)c(Br)s1. The number of amides is 1. The van der Waals surface area contributed by atoms with Gasteiger partial charge in [-0.15, -0.1) is 11.3 Å². The third-order valence-corrected chi connectivity index (χ3v) is 5.16. The minimum Gasteiger partial charge on any atom is -0.294 e. The maximum atomic E-state index is 11.6. The number of nitrogens with zero attached hydrogens (tertiary/aromatic N) is 3. The molecule has 2 aromatic heterocycles. The second-order valence-electron chi connectivity index (χ2n) is 2.35. The standard InChI is InChI=1S/C6H2Br2N4OS2/c7-2-1-3(14-4(2)8)5(13)9-6-10-11-12-15-6/h1H,(H,9,10,12,13). The van der Waals surface area contributed by atoms with Crippen molar-refractivity contribution in [3.63, 3.8) is 0 Å². The van der Waals surface area contributed by atoms with E-state index >= 15 is 0 Å². The van der Waals surface area contributed by atoms with Crippen LogP contribution in [0.2, 0.25) is 0 Å². The molecule has 0 spiro atoms. The molecule has 9 heteroatoms. The van der Waals surface area contributed by atoms with Crippen molar-refractivity contribution in [2.24, 2.45) is 0 Å². The largest absolute Gasteiger partial charge is 0.294 e. The molecule has 5 nitrogen and oxygen atoms in total. The second-order valence-corrected chi connectivity index (χ2v) is 6.31. The van der Waals surface area contributed by atoms with Crippen LogP contribution in [0.4, 0.5) is 5.13 Å². The molecule has 0 aliphatic carbocycles. The van der Waals surface area contributed by atoms with Crippen LogP contribution in [0.25, 0.3) is 0 Å². The molecule has 0 aliphatic rings. The fraction of sp³-hybridized carbons (Fsp3) is 0. The van der Waals surface area contributed by atoms with Gasteiger partial charge in [0.05, 0.1) is 8.66 Å². The van der Waals surface area contributed by atoms with Gasteiger partial charge in [-0.2, -0.15) is 0 Å². The number of rotatable bonds is 2. The van der Waals surface area contributed by atoms with Gasteiger partial charge in [0.2, 0.25) is 5.13 Å². The number of hydrogen-bond acceptors (Lipinski definition) is 6. The summed E-state index contributed by atoms with van der Waals surface area (Å²) in [6, 6.07) is 1.73. The third kappa shape index (κ3) is 2.60. The molecule has 0 saturated heterocycles. The Kier molecular flexibility index (Phi) is 3.44. The van der Waals surface area contributed by atoms with Gasteiger partial charge in [0.15, 0.2) is 0 Å². The van der Waals surface area contributed by atoms with Crippen LogP contribution < -0.4 is 5.32 Å². The summed E-state index contributed by atoms with van der Waals surface area (Å²) in [7, 11) is 0. The van der Waals surface area contributed by atoms with Crippen molar-refractivity contribution < 1.29 is 4.79 Å². The molecule has 0 aliphatic heterocycles. The number of thiophene rings is 1. The van der Waals surface area contributed by atoms with E-state index in [1.165, 1.54) is 11.3 Å². The number of carbonyl (C=O) groups excluding carboxylic acids is 1. The molecule has 2 aromatic rings. The van der Waals surface area contributed by atoms with Gasteiger partial charge in [-0.3, -0.25) is 10.1 Å². The van der Waals surface area contributed by atoms with E-state index in [2.05, 4.69) is 52.0 Å². The Morgan fingerprint density at radius 3 is 2.80 bits per heavy atom. The summed E-state index contributed by atoms with van der Waals surface area (Å²) in [4.78, 5) is 12.2. The predicted molar refractivity (Wildman–Crippen MR) is 65.4 cm³/mol. The molecule has 0 unspecified atom stereocenters. The van der Waals surface area contributed by atoms with Gasteiger partial charge in [0.25, 0.3) is 5.91 Å². The molecule has 0 saturated carbocycles. The van der Waals surface area contributed by atoms with Crippen LogP contribution in [0.15, 0.2) is 14.3 Å². The zero-order chi connectivity index (χ0) is 10.8. The molecule has 0 bridgehead atoms. The summed E-state index contributed by atoms with van der Waals surface area (Å²) >= 11 is 9.00. The minimum atomic E-state index is -0.218. The summed E-state index contributed by atoms with van der Waals surface area (Å²) in [6.07, 6.45) is 0. The predicted octanol–water partition coefficient (Wildman–Crippen LogP) is 2.77. The van der Waals surface area contributed by atoms with Gasteiger partial charge in [-0.25, -0.2) is 0 Å². The van der Waals surface area contributed by atoms with Crippen LogP contribution in [0.3, 0.4) is 0 Å². The van der Waals surface area contributed by atoms with Gasteiger partial charge in [-0.05, 0) is 43.1 Å². The van der Waals surface area contributed by atoms with Crippen molar-refractivity contribution in [2.75, 3.05) is 5.32 Å². The number of halogens is 2. The van der Waals surface area contributed by atoms with Crippen molar-refractivity contribution in [3.8, 4) is 0 Å². The average Bonchev–Trinajstić information content (AvgIpc) is 2.78. The Morgan fingerprint density at radius 1 is 1.47 bits per heavy atom. The molecular weight excluding hydrogens is 368 g/mol. The van der Waals surface area contributed by atoms with Gasteiger partial charge >= 0.3 is 0 Å². The molecule has 1 N–H and O–H groups in total. The molecule has 15 heavy (non-hydrogen) atoms. The van der Waals surface area contributed by atoms with E-state index in [0.717, 1.165) is 19.8 Å². The van der Waals surface area contributed by atoms with E-state index in [1.54, 1.807) is 6.07 Å². The number of carbonyl (C=O) groups is 1. The van der Waals surface area contributed by atoms with Crippen LogP contribution in [0, 0.1) is 0 Å². The molecular formula is C6H2Br2N4OS2. The quantitative estimate of drug-likeness (QED) is 0.883. The molecule has 0 atom stereocenters. The summed E-state index contributed by atoms with van der Waals surface area (Å²) in [6.45, 7) is 0. The number of nitrogens with one attached hydrogen (secondary N) is 1. The average molecular weight is 370 g/mol. The summed E-state index contributed by atoms with van der Waals surface area (Å²) in [5.41, 5.74) is 0. The lowest BCUT2D eigenvalue weighted by Crippen LogP contribution is -2.09. The highest BCUT2D eigenvalue weighted by atomic mass is 79.9. The highest BCUT2D eigenvalue weighted by Gasteiger charge is 2.13. The monoisotopic (exact) mass is 368 g/mol. The highest BCUT2D eigenvalue weighted by Crippen LogP contribution is 2.32. The lowest BCUT2D eigenvalue weighted by atomic mass is 10.4. The van der Waals surface area contributed by atoms with E-state index in [1.807, 2.05) is 0 Å². The first-order valence-corrected chi connectivity index (χ1v) is 6.75. The maximum absolute atomic E-state index is 11.6. The lowest BCUT2D eigenvalue weighted by Gasteiger charge is -1.95. The molecule has 0 fully saturated rings. The first-order chi connectivity index (χ1) is 7.16. The molecule has 0 radical (unpaired) electrons. The molecule has 2 rings (SSSR count). The Morgan fingerprint density at radius 2 is 2.27 bits per heavy atom. The summed E-state index contributed by atoms with van der Waals surface area (Å²) in [5.74, 6) is -0.218. The first-order valence-electron chi connectivity index (χ1n) is 3.58. The molecule has 0 aromatic carbocycles. The first kappa shape index (κ1) is 11.1. The molecule has 1 amide bonds. The topological polar surface area (TPSA) is 67.8 Å². The number of aromatic nitrogens is 3. The van der Waals surface area contributed by atoms with Gasteiger partial charge in [-0.1, -0.05) is 9.59 Å². The fourth-order valence-corrected chi connectivity index (χ4v) is 3.09. The van der Waals surface area contributed by atoms with Crippen LogP contribution in [0.1, 0.15) is 9.67 Å². The fourth-order valence-electron chi connectivity index (χ4n) is 0.799. The normalized spacial score (nSPS) is 10.3. The summed E-state index contributed by atoms with van der Waals surface area (Å²) < 4.78 is 5.27. The van der Waals surface area contributed by atoms with Crippen LogP contribution >= 0.6 is 54.7 Å². The number of hydrogen-bond donors (Lipinski definition) is 1. The molecule has 2 heterocycles. The summed E-state index contributed by atoms with van der Waals surface area (Å²) in [5, 5.41) is 9.98. The van der Waals surface area contributed by atoms with Crippen LogP contribution in [0.5, 0.6) is 0 Å². The van der Waals surface area contributed by atoms with Crippen molar-refractivity contribution in [1.82, 2.24) is 14.8 Å². The Bertz CT molecular complexity index is 464. The van der Waals surface area contributed by atoms with E-state index < -0.39 is 0 Å². The zero-order valence-corrected chi connectivity index (χ0v) is 11.7. The zero-order valence-electron chi connectivity index (χ0n) is 6.90. The van der Waals surface area contributed by atoms with E-state index in [-0.39, 0.29) is 5.91 Å².